The Morgan fingerprint density at radius 1 is 1.31 bits per heavy atom. The van der Waals surface area contributed by atoms with Crippen LogP contribution < -0.4 is 5.73 Å². The molecule has 3 N–H and O–H groups in total. The van der Waals surface area contributed by atoms with Gasteiger partial charge >= 0.3 is 0 Å². The number of hydrogen-bond donors (Lipinski definition) is 2. The van der Waals surface area contributed by atoms with Crippen LogP contribution in [0.4, 0.5) is 4.39 Å². The molecule has 2 nitrogen and oxygen atoms in total. The van der Waals surface area contributed by atoms with Crippen molar-refractivity contribution in [3.63, 3.8) is 0 Å². The first-order chi connectivity index (χ1) is 7.72. The van der Waals surface area contributed by atoms with E-state index in [1.54, 1.807) is 6.07 Å². The smallest absolute Gasteiger partial charge is 0.147 e. The monoisotopic (exact) mass is 220 g/mol. The van der Waals surface area contributed by atoms with Crippen molar-refractivity contribution in [3.05, 3.63) is 35.3 Å². The lowest BCUT2D eigenvalue weighted by Gasteiger charge is -2.03. The van der Waals surface area contributed by atoms with Crippen LogP contribution >= 0.6 is 0 Å². The van der Waals surface area contributed by atoms with E-state index in [4.69, 9.17) is 5.73 Å². The van der Waals surface area contributed by atoms with Gasteiger partial charge in [-0.15, -0.1) is 0 Å². The summed E-state index contributed by atoms with van der Waals surface area (Å²) in [6.45, 7) is 2.69. The predicted molar refractivity (Wildman–Crippen MR) is 65.0 cm³/mol. The number of H-pyrrole nitrogens is 1. The van der Waals surface area contributed by atoms with Crippen LogP contribution in [0.2, 0.25) is 0 Å². The zero-order valence-corrected chi connectivity index (χ0v) is 9.52. The summed E-state index contributed by atoms with van der Waals surface area (Å²) in [5.74, 6) is -0.159. The summed E-state index contributed by atoms with van der Waals surface area (Å²) >= 11 is 0. The fourth-order valence-corrected chi connectivity index (χ4v) is 2.00. The molecule has 0 aliphatic heterocycles. The van der Waals surface area contributed by atoms with E-state index in [1.807, 2.05) is 13.1 Å². The molecule has 0 saturated heterocycles. The van der Waals surface area contributed by atoms with Gasteiger partial charge in [0.1, 0.15) is 5.82 Å². The summed E-state index contributed by atoms with van der Waals surface area (Å²) in [5, 5.41) is 0.989. The van der Waals surface area contributed by atoms with Crippen molar-refractivity contribution >= 4 is 10.9 Å². The van der Waals surface area contributed by atoms with Crippen molar-refractivity contribution in [3.8, 4) is 0 Å². The molecule has 0 fully saturated rings. The third kappa shape index (κ3) is 2.09. The molecule has 0 amide bonds. The summed E-state index contributed by atoms with van der Waals surface area (Å²) in [7, 11) is 0. The van der Waals surface area contributed by atoms with E-state index < -0.39 is 0 Å². The number of halogens is 1. The van der Waals surface area contributed by atoms with Crippen molar-refractivity contribution < 1.29 is 4.39 Å². The molecule has 3 heteroatoms. The third-order valence-electron chi connectivity index (χ3n) is 2.93. The second-order valence-electron chi connectivity index (χ2n) is 4.22. The molecule has 0 atom stereocenters. The zero-order valence-electron chi connectivity index (χ0n) is 9.52. The molecular formula is C13H17FN2. The number of aromatic nitrogens is 1. The number of fused-ring (bicyclic) bond motifs is 1. The zero-order chi connectivity index (χ0) is 11.5. The van der Waals surface area contributed by atoms with Gasteiger partial charge < -0.3 is 10.7 Å². The number of unbranched alkanes of at least 4 members (excludes halogenated alkanes) is 1. The van der Waals surface area contributed by atoms with Crippen molar-refractivity contribution in [1.82, 2.24) is 4.98 Å². The van der Waals surface area contributed by atoms with Crippen LogP contribution in [0.1, 0.15) is 24.0 Å². The Morgan fingerprint density at radius 3 is 2.88 bits per heavy atom. The average Bonchev–Trinajstić information content (AvgIpc) is 2.62. The van der Waals surface area contributed by atoms with E-state index in [0.29, 0.717) is 12.1 Å². The molecule has 0 saturated carbocycles. The van der Waals surface area contributed by atoms with E-state index >= 15 is 0 Å². The van der Waals surface area contributed by atoms with Crippen LogP contribution in [0, 0.1) is 12.7 Å². The van der Waals surface area contributed by atoms with Gasteiger partial charge in [-0.25, -0.2) is 4.39 Å². The quantitative estimate of drug-likeness (QED) is 0.764. The normalized spacial score (nSPS) is 11.2. The highest BCUT2D eigenvalue weighted by atomic mass is 19.1. The molecule has 0 aliphatic rings. The van der Waals surface area contributed by atoms with Crippen molar-refractivity contribution in [2.75, 3.05) is 6.54 Å². The van der Waals surface area contributed by atoms with Crippen LogP contribution in [0.15, 0.2) is 18.3 Å². The first-order valence-electron chi connectivity index (χ1n) is 5.68. The number of rotatable bonds is 4. The van der Waals surface area contributed by atoms with Crippen LogP contribution in [-0.2, 0) is 6.42 Å². The Hall–Kier alpha value is -1.35. The molecule has 16 heavy (non-hydrogen) atoms. The predicted octanol–water partition coefficient (Wildman–Crippen LogP) is 2.90. The van der Waals surface area contributed by atoms with Crippen molar-refractivity contribution in [2.45, 2.75) is 26.2 Å². The van der Waals surface area contributed by atoms with E-state index in [2.05, 4.69) is 11.1 Å². The van der Waals surface area contributed by atoms with Crippen molar-refractivity contribution in [2.24, 2.45) is 5.73 Å². The molecule has 0 aliphatic carbocycles. The van der Waals surface area contributed by atoms with Crippen LogP contribution in [0.25, 0.3) is 10.9 Å². The highest BCUT2D eigenvalue weighted by molar-refractivity contribution is 5.84. The average molecular weight is 220 g/mol. The van der Waals surface area contributed by atoms with Gasteiger partial charge in [-0.2, -0.15) is 0 Å². The van der Waals surface area contributed by atoms with Gasteiger partial charge in [-0.3, -0.25) is 0 Å². The topological polar surface area (TPSA) is 41.8 Å². The molecule has 0 unspecified atom stereocenters. The molecule has 86 valence electrons. The number of benzene rings is 1. The van der Waals surface area contributed by atoms with Gasteiger partial charge in [0.25, 0.3) is 0 Å². The summed E-state index contributed by atoms with van der Waals surface area (Å²) in [6.07, 6.45) is 4.75. The van der Waals surface area contributed by atoms with Crippen LogP contribution in [0.3, 0.4) is 0 Å². The lowest BCUT2D eigenvalue weighted by atomic mass is 10.0. The van der Waals surface area contributed by atoms with E-state index in [0.717, 1.165) is 35.8 Å². The lowest BCUT2D eigenvalue weighted by molar-refractivity contribution is 0.633. The maximum absolute atomic E-state index is 13.7. The number of nitrogens with two attached hydrogens (primary N) is 1. The summed E-state index contributed by atoms with van der Waals surface area (Å²) in [4.78, 5) is 2.96. The third-order valence-corrected chi connectivity index (χ3v) is 2.93. The van der Waals surface area contributed by atoms with Gasteiger partial charge in [0, 0.05) is 11.6 Å². The first-order valence-corrected chi connectivity index (χ1v) is 5.68. The maximum atomic E-state index is 13.7. The Labute approximate surface area is 94.7 Å². The summed E-state index contributed by atoms with van der Waals surface area (Å²) in [6, 6.07) is 3.69. The molecule has 1 aromatic carbocycles. The van der Waals surface area contributed by atoms with Gasteiger partial charge in [-0.1, -0.05) is 0 Å². The Kier molecular flexibility index (Phi) is 3.25. The second kappa shape index (κ2) is 4.66. The van der Waals surface area contributed by atoms with Crippen LogP contribution in [-0.4, -0.2) is 11.5 Å². The van der Waals surface area contributed by atoms with E-state index in [9.17, 15) is 4.39 Å². The Bertz CT molecular complexity index is 488. The van der Waals surface area contributed by atoms with E-state index in [-0.39, 0.29) is 5.82 Å². The summed E-state index contributed by atoms with van der Waals surface area (Å²) in [5.41, 5.74) is 8.20. The highest BCUT2D eigenvalue weighted by Crippen LogP contribution is 2.23. The highest BCUT2D eigenvalue weighted by Gasteiger charge is 2.07. The van der Waals surface area contributed by atoms with E-state index in [1.165, 1.54) is 0 Å². The maximum Gasteiger partial charge on any atom is 0.147 e. The Morgan fingerprint density at radius 2 is 2.12 bits per heavy atom. The lowest BCUT2D eigenvalue weighted by Crippen LogP contribution is -1.99. The molecule has 0 radical (unpaired) electrons. The number of aromatic amines is 1. The number of nitrogens with one attached hydrogen (secondary N) is 1. The molecule has 2 rings (SSSR count). The number of aryl methyl sites for hydroxylation is 2. The minimum Gasteiger partial charge on any atom is -0.359 e. The van der Waals surface area contributed by atoms with Gasteiger partial charge in [0.15, 0.2) is 0 Å². The van der Waals surface area contributed by atoms with Gasteiger partial charge in [-0.05, 0) is 56.0 Å². The van der Waals surface area contributed by atoms with Crippen LogP contribution in [0.5, 0.6) is 0 Å². The molecular weight excluding hydrogens is 203 g/mol. The van der Waals surface area contributed by atoms with Crippen molar-refractivity contribution in [1.29, 1.82) is 0 Å². The van der Waals surface area contributed by atoms with Gasteiger partial charge in [0.2, 0.25) is 0 Å². The molecule has 2 aromatic rings. The second-order valence-corrected chi connectivity index (χ2v) is 4.22. The minimum absolute atomic E-state index is 0.159. The fraction of sp³-hybridized carbons (Fsp3) is 0.385. The fourth-order valence-electron chi connectivity index (χ4n) is 2.00. The molecule has 1 heterocycles. The number of hydrogen-bond acceptors (Lipinski definition) is 1. The minimum atomic E-state index is -0.159. The largest absolute Gasteiger partial charge is 0.359 e. The molecule has 0 bridgehead atoms. The SMILES string of the molecule is Cc1c[nH]c2c(F)cc(CCCCN)cc12. The summed E-state index contributed by atoms with van der Waals surface area (Å²) < 4.78 is 13.7. The Balaban J connectivity index is 2.29. The first kappa shape index (κ1) is 11.1. The molecule has 0 spiro atoms. The molecule has 1 aromatic heterocycles. The van der Waals surface area contributed by atoms with Gasteiger partial charge in [0.05, 0.1) is 5.52 Å². The standard InChI is InChI=1S/C13H17FN2/c1-9-8-16-13-11(9)6-10(7-12(13)14)4-2-3-5-15/h6-8,16H,2-5,15H2,1H3.